The van der Waals surface area contributed by atoms with Crippen LogP contribution in [0.15, 0.2) is 43.6 Å². The highest BCUT2D eigenvalue weighted by atomic mass is 16.5. The van der Waals surface area contributed by atoms with E-state index < -0.39 is 0 Å². The zero-order valence-corrected chi connectivity index (χ0v) is 12.2. The summed E-state index contributed by atoms with van der Waals surface area (Å²) in [4.78, 5) is 20.9. The highest BCUT2D eigenvalue weighted by Crippen LogP contribution is 2.20. The highest BCUT2D eigenvalue weighted by molar-refractivity contribution is 5.99. The lowest BCUT2D eigenvalue weighted by Gasteiger charge is -2.30. The van der Waals surface area contributed by atoms with E-state index in [0.717, 1.165) is 18.9 Å². The van der Waals surface area contributed by atoms with Crippen molar-refractivity contribution in [3.63, 3.8) is 0 Å². The van der Waals surface area contributed by atoms with Gasteiger partial charge in [-0.1, -0.05) is 12.2 Å². The van der Waals surface area contributed by atoms with Gasteiger partial charge in [0.2, 0.25) is 0 Å². The van der Waals surface area contributed by atoms with Crippen molar-refractivity contribution in [3.05, 3.63) is 49.2 Å². The van der Waals surface area contributed by atoms with Crippen LogP contribution in [0.3, 0.4) is 0 Å². The fourth-order valence-electron chi connectivity index (χ4n) is 2.31. The van der Waals surface area contributed by atoms with Gasteiger partial charge in [0.1, 0.15) is 5.82 Å². The maximum Gasteiger partial charge on any atom is 0.258 e. The van der Waals surface area contributed by atoms with E-state index in [1.54, 1.807) is 29.3 Å². The number of anilines is 1. The number of carbonyl (C=O) groups is 1. The molecule has 0 atom stereocenters. The molecule has 2 heterocycles. The quantitative estimate of drug-likeness (QED) is 0.748. The SMILES string of the molecule is C=CCN(CC=C)C(=O)c1cccnc1N1CCOCC1. The fraction of sp³-hybridized carbons (Fsp3) is 0.375. The Bertz CT molecular complexity index is 500. The molecular formula is C16H21N3O2. The second-order valence-electron chi connectivity index (χ2n) is 4.76. The summed E-state index contributed by atoms with van der Waals surface area (Å²) in [6.07, 6.45) is 5.14. The van der Waals surface area contributed by atoms with Crippen molar-refractivity contribution in [2.24, 2.45) is 0 Å². The van der Waals surface area contributed by atoms with E-state index in [2.05, 4.69) is 23.0 Å². The number of aromatic nitrogens is 1. The summed E-state index contributed by atoms with van der Waals surface area (Å²) in [5, 5.41) is 0. The van der Waals surface area contributed by atoms with Gasteiger partial charge in [-0.25, -0.2) is 4.98 Å². The molecule has 112 valence electrons. The first kappa shape index (κ1) is 15.3. The predicted molar refractivity (Wildman–Crippen MR) is 83.6 cm³/mol. The summed E-state index contributed by atoms with van der Waals surface area (Å²) in [6.45, 7) is 11.2. The number of nitrogens with zero attached hydrogens (tertiary/aromatic N) is 3. The van der Waals surface area contributed by atoms with Gasteiger partial charge in [0.25, 0.3) is 5.91 Å². The van der Waals surface area contributed by atoms with E-state index in [1.165, 1.54) is 0 Å². The lowest BCUT2D eigenvalue weighted by molar-refractivity contribution is 0.0789. The molecule has 0 N–H and O–H groups in total. The van der Waals surface area contributed by atoms with Gasteiger partial charge in [0.05, 0.1) is 18.8 Å². The van der Waals surface area contributed by atoms with E-state index in [0.29, 0.717) is 31.9 Å². The van der Waals surface area contributed by atoms with Crippen LogP contribution in [-0.4, -0.2) is 55.2 Å². The summed E-state index contributed by atoms with van der Waals surface area (Å²) in [5.41, 5.74) is 0.614. The summed E-state index contributed by atoms with van der Waals surface area (Å²) in [5.74, 6) is 0.674. The number of morpholine rings is 1. The molecule has 1 aromatic heterocycles. The Hall–Kier alpha value is -2.14. The lowest BCUT2D eigenvalue weighted by atomic mass is 10.2. The third-order valence-electron chi connectivity index (χ3n) is 3.31. The normalized spacial score (nSPS) is 14.6. The molecule has 5 nitrogen and oxygen atoms in total. The van der Waals surface area contributed by atoms with Gasteiger partial charge >= 0.3 is 0 Å². The average Bonchev–Trinajstić information content (AvgIpc) is 2.55. The number of amides is 1. The Balaban J connectivity index is 2.27. The van der Waals surface area contributed by atoms with Gasteiger partial charge in [-0.3, -0.25) is 4.79 Å². The van der Waals surface area contributed by atoms with Crippen LogP contribution in [0.5, 0.6) is 0 Å². The maximum atomic E-state index is 12.7. The van der Waals surface area contributed by atoms with Crippen LogP contribution in [-0.2, 0) is 4.74 Å². The molecule has 0 radical (unpaired) electrons. The van der Waals surface area contributed by atoms with Crippen LogP contribution in [0.25, 0.3) is 0 Å². The second-order valence-corrected chi connectivity index (χ2v) is 4.76. The molecular weight excluding hydrogens is 266 g/mol. The molecule has 1 aliphatic heterocycles. The molecule has 0 aromatic carbocycles. The van der Waals surface area contributed by atoms with Crippen molar-refractivity contribution in [2.75, 3.05) is 44.3 Å². The van der Waals surface area contributed by atoms with Crippen molar-refractivity contribution >= 4 is 11.7 Å². The largest absolute Gasteiger partial charge is 0.378 e. The van der Waals surface area contributed by atoms with Crippen molar-refractivity contribution in [2.45, 2.75) is 0 Å². The number of ether oxygens (including phenoxy) is 1. The molecule has 1 fully saturated rings. The topological polar surface area (TPSA) is 45.7 Å². The Kier molecular flexibility index (Phi) is 5.51. The Morgan fingerprint density at radius 3 is 2.62 bits per heavy atom. The second kappa shape index (κ2) is 7.59. The van der Waals surface area contributed by atoms with Gasteiger partial charge < -0.3 is 14.5 Å². The highest BCUT2D eigenvalue weighted by Gasteiger charge is 2.22. The van der Waals surface area contributed by atoms with Gasteiger partial charge in [-0.2, -0.15) is 0 Å². The van der Waals surface area contributed by atoms with E-state index in [9.17, 15) is 4.79 Å². The molecule has 1 aromatic rings. The number of pyridine rings is 1. The number of hydrogen-bond donors (Lipinski definition) is 0. The zero-order chi connectivity index (χ0) is 15.1. The summed E-state index contributed by atoms with van der Waals surface area (Å²) < 4.78 is 5.35. The van der Waals surface area contributed by atoms with Crippen LogP contribution >= 0.6 is 0 Å². The zero-order valence-electron chi connectivity index (χ0n) is 12.2. The molecule has 0 saturated carbocycles. The maximum absolute atomic E-state index is 12.7. The Morgan fingerprint density at radius 2 is 2.00 bits per heavy atom. The van der Waals surface area contributed by atoms with Crippen molar-refractivity contribution in [3.8, 4) is 0 Å². The molecule has 0 unspecified atom stereocenters. The van der Waals surface area contributed by atoms with Crippen molar-refractivity contribution < 1.29 is 9.53 Å². The summed E-state index contributed by atoms with van der Waals surface area (Å²) in [7, 11) is 0. The predicted octanol–water partition coefficient (Wildman–Crippen LogP) is 1.73. The van der Waals surface area contributed by atoms with Crippen molar-refractivity contribution in [1.29, 1.82) is 0 Å². The van der Waals surface area contributed by atoms with Gasteiger partial charge in [0, 0.05) is 32.4 Å². The molecule has 1 aliphatic rings. The number of carbonyl (C=O) groups excluding carboxylic acids is 1. The molecule has 21 heavy (non-hydrogen) atoms. The number of rotatable bonds is 6. The third-order valence-corrected chi connectivity index (χ3v) is 3.31. The first-order valence-corrected chi connectivity index (χ1v) is 7.06. The lowest BCUT2D eigenvalue weighted by Crippen LogP contribution is -2.39. The van der Waals surface area contributed by atoms with E-state index in [1.807, 2.05) is 6.07 Å². The fourth-order valence-corrected chi connectivity index (χ4v) is 2.31. The molecule has 0 spiro atoms. The van der Waals surface area contributed by atoms with Crippen LogP contribution in [0, 0.1) is 0 Å². The van der Waals surface area contributed by atoms with Gasteiger partial charge in [-0.05, 0) is 12.1 Å². The molecule has 0 aliphatic carbocycles. The van der Waals surface area contributed by atoms with Crippen molar-refractivity contribution in [1.82, 2.24) is 9.88 Å². The minimum absolute atomic E-state index is 0.0515. The average molecular weight is 287 g/mol. The van der Waals surface area contributed by atoms with E-state index in [-0.39, 0.29) is 5.91 Å². The molecule has 2 rings (SSSR count). The van der Waals surface area contributed by atoms with Gasteiger partial charge in [0.15, 0.2) is 0 Å². The van der Waals surface area contributed by atoms with E-state index >= 15 is 0 Å². The summed E-state index contributed by atoms with van der Waals surface area (Å²) >= 11 is 0. The Labute approximate surface area is 125 Å². The standard InChI is InChI=1S/C16H21N3O2/c1-3-8-19(9-4-2)16(20)14-6-5-7-17-15(14)18-10-12-21-13-11-18/h3-7H,1-2,8-13H2. The Morgan fingerprint density at radius 1 is 1.33 bits per heavy atom. The minimum Gasteiger partial charge on any atom is -0.378 e. The number of hydrogen-bond acceptors (Lipinski definition) is 4. The molecule has 1 saturated heterocycles. The summed E-state index contributed by atoms with van der Waals surface area (Å²) in [6, 6.07) is 3.61. The first-order chi connectivity index (χ1) is 10.3. The smallest absolute Gasteiger partial charge is 0.258 e. The van der Waals surface area contributed by atoms with Gasteiger partial charge in [-0.15, -0.1) is 13.2 Å². The molecule has 1 amide bonds. The third kappa shape index (κ3) is 3.70. The first-order valence-electron chi connectivity index (χ1n) is 7.06. The van der Waals surface area contributed by atoms with Crippen LogP contribution in [0.2, 0.25) is 0 Å². The van der Waals surface area contributed by atoms with Crippen LogP contribution in [0.4, 0.5) is 5.82 Å². The minimum atomic E-state index is -0.0515. The monoisotopic (exact) mass is 287 g/mol. The molecule has 0 bridgehead atoms. The van der Waals surface area contributed by atoms with Crippen LogP contribution in [0.1, 0.15) is 10.4 Å². The van der Waals surface area contributed by atoms with E-state index in [4.69, 9.17) is 4.74 Å². The molecule has 5 heteroatoms. The van der Waals surface area contributed by atoms with Crippen LogP contribution < -0.4 is 4.90 Å².